The molecular formula is C23H23FN2O3S2. The first-order valence-corrected chi connectivity index (χ1v) is 12.2. The van der Waals surface area contributed by atoms with Crippen LogP contribution in [0.1, 0.15) is 16.7 Å². The Morgan fingerprint density at radius 2 is 1.55 bits per heavy atom. The first-order valence-electron chi connectivity index (χ1n) is 9.56. The van der Waals surface area contributed by atoms with Crippen molar-refractivity contribution in [1.82, 2.24) is 0 Å². The van der Waals surface area contributed by atoms with Gasteiger partial charge in [-0.15, -0.1) is 11.8 Å². The molecule has 0 saturated carbocycles. The van der Waals surface area contributed by atoms with Crippen LogP contribution in [0.2, 0.25) is 0 Å². The van der Waals surface area contributed by atoms with Gasteiger partial charge in [0.05, 0.1) is 16.3 Å². The van der Waals surface area contributed by atoms with Gasteiger partial charge in [-0.1, -0.05) is 30.3 Å². The molecule has 5 nitrogen and oxygen atoms in total. The van der Waals surface area contributed by atoms with Gasteiger partial charge in [0.1, 0.15) is 5.82 Å². The standard InChI is InChI=1S/C23H23FN2O3S2/c1-16-4-3-5-17(2)23(16)26-31(28,29)21-12-10-20(11-13-21)25-22(27)15-30-14-18-6-8-19(24)9-7-18/h3-13,26H,14-15H2,1-2H3,(H,25,27). The zero-order valence-electron chi connectivity index (χ0n) is 17.2. The fourth-order valence-corrected chi connectivity index (χ4v) is 4.92. The van der Waals surface area contributed by atoms with Crippen molar-refractivity contribution in [2.24, 2.45) is 0 Å². The molecule has 0 heterocycles. The minimum atomic E-state index is -3.74. The highest BCUT2D eigenvalue weighted by Crippen LogP contribution is 2.24. The molecule has 0 aliphatic carbocycles. The number of nitrogens with one attached hydrogen (secondary N) is 2. The number of amides is 1. The first-order chi connectivity index (χ1) is 14.7. The van der Waals surface area contributed by atoms with E-state index in [1.807, 2.05) is 32.0 Å². The summed E-state index contributed by atoms with van der Waals surface area (Å²) >= 11 is 1.41. The number of halogens is 1. The van der Waals surface area contributed by atoms with E-state index in [1.54, 1.807) is 24.3 Å². The molecule has 0 saturated heterocycles. The van der Waals surface area contributed by atoms with Crippen molar-refractivity contribution >= 4 is 39.1 Å². The van der Waals surface area contributed by atoms with E-state index >= 15 is 0 Å². The fourth-order valence-electron chi connectivity index (χ4n) is 2.93. The zero-order valence-corrected chi connectivity index (χ0v) is 18.8. The van der Waals surface area contributed by atoms with Crippen molar-refractivity contribution < 1.29 is 17.6 Å². The van der Waals surface area contributed by atoms with E-state index in [4.69, 9.17) is 0 Å². The number of carbonyl (C=O) groups excluding carboxylic acids is 1. The van der Waals surface area contributed by atoms with E-state index in [9.17, 15) is 17.6 Å². The van der Waals surface area contributed by atoms with Crippen LogP contribution in [0.15, 0.2) is 71.6 Å². The molecule has 0 aromatic heterocycles. The molecule has 31 heavy (non-hydrogen) atoms. The van der Waals surface area contributed by atoms with Crippen LogP contribution in [0.5, 0.6) is 0 Å². The smallest absolute Gasteiger partial charge is 0.261 e. The molecule has 0 radical (unpaired) electrons. The molecule has 0 fully saturated rings. The molecule has 0 aliphatic heterocycles. The van der Waals surface area contributed by atoms with Crippen LogP contribution in [0.3, 0.4) is 0 Å². The summed E-state index contributed by atoms with van der Waals surface area (Å²) in [7, 11) is -3.74. The van der Waals surface area contributed by atoms with Crippen LogP contribution < -0.4 is 10.0 Å². The average molecular weight is 459 g/mol. The largest absolute Gasteiger partial charge is 0.325 e. The lowest BCUT2D eigenvalue weighted by molar-refractivity contribution is -0.113. The fraction of sp³-hybridized carbons (Fsp3) is 0.174. The molecule has 3 rings (SSSR count). The number of para-hydroxylation sites is 1. The van der Waals surface area contributed by atoms with Crippen LogP contribution in [-0.2, 0) is 20.6 Å². The highest BCUT2D eigenvalue weighted by Gasteiger charge is 2.16. The summed E-state index contributed by atoms with van der Waals surface area (Å²) in [6.07, 6.45) is 0. The third-order valence-corrected chi connectivity index (χ3v) is 6.95. The molecule has 2 N–H and O–H groups in total. The molecule has 0 unspecified atom stereocenters. The summed E-state index contributed by atoms with van der Waals surface area (Å²) in [5, 5.41) is 2.75. The second kappa shape index (κ2) is 9.98. The molecule has 8 heteroatoms. The molecule has 0 aliphatic rings. The number of sulfonamides is 1. The molecule has 162 valence electrons. The van der Waals surface area contributed by atoms with Crippen LogP contribution >= 0.6 is 11.8 Å². The van der Waals surface area contributed by atoms with Crippen LogP contribution in [0.4, 0.5) is 15.8 Å². The van der Waals surface area contributed by atoms with Gasteiger partial charge < -0.3 is 5.32 Å². The van der Waals surface area contributed by atoms with Crippen molar-refractivity contribution in [3.8, 4) is 0 Å². The lowest BCUT2D eigenvalue weighted by Crippen LogP contribution is -2.16. The summed E-state index contributed by atoms with van der Waals surface area (Å²) < 4.78 is 41.0. The molecule has 0 spiro atoms. The van der Waals surface area contributed by atoms with Gasteiger partial charge in [0.15, 0.2) is 0 Å². The average Bonchev–Trinajstić information content (AvgIpc) is 2.73. The SMILES string of the molecule is Cc1cccc(C)c1NS(=O)(=O)c1ccc(NC(=O)CSCc2ccc(F)cc2)cc1. The van der Waals surface area contributed by atoms with Crippen molar-refractivity contribution in [3.63, 3.8) is 0 Å². The normalized spacial score (nSPS) is 11.2. The summed E-state index contributed by atoms with van der Waals surface area (Å²) in [5.41, 5.74) is 3.69. The number of hydrogen-bond acceptors (Lipinski definition) is 4. The first kappa shape index (κ1) is 22.8. The predicted molar refractivity (Wildman–Crippen MR) is 124 cm³/mol. The number of aryl methyl sites for hydroxylation is 2. The quantitative estimate of drug-likeness (QED) is 0.492. The Morgan fingerprint density at radius 1 is 0.935 bits per heavy atom. The van der Waals surface area contributed by atoms with E-state index in [2.05, 4.69) is 10.0 Å². The molecule has 3 aromatic rings. The summed E-state index contributed by atoms with van der Waals surface area (Å²) in [6.45, 7) is 3.69. The molecular weight excluding hydrogens is 435 g/mol. The van der Waals surface area contributed by atoms with E-state index in [1.165, 1.54) is 36.0 Å². The Morgan fingerprint density at radius 3 is 2.16 bits per heavy atom. The van der Waals surface area contributed by atoms with Crippen LogP contribution in [0.25, 0.3) is 0 Å². The maximum absolute atomic E-state index is 12.9. The monoisotopic (exact) mass is 458 g/mol. The van der Waals surface area contributed by atoms with Gasteiger partial charge in [-0.25, -0.2) is 12.8 Å². The second-order valence-electron chi connectivity index (χ2n) is 7.06. The molecule has 0 atom stereocenters. The van der Waals surface area contributed by atoms with Gasteiger partial charge in [0.25, 0.3) is 10.0 Å². The van der Waals surface area contributed by atoms with E-state index in [0.717, 1.165) is 16.7 Å². The minimum absolute atomic E-state index is 0.110. The second-order valence-corrected chi connectivity index (χ2v) is 9.73. The maximum atomic E-state index is 12.9. The van der Waals surface area contributed by atoms with Gasteiger partial charge >= 0.3 is 0 Å². The third-order valence-electron chi connectivity index (χ3n) is 4.58. The highest BCUT2D eigenvalue weighted by atomic mass is 32.2. The Kier molecular flexibility index (Phi) is 7.35. The van der Waals surface area contributed by atoms with Crippen molar-refractivity contribution in [2.75, 3.05) is 15.8 Å². The summed E-state index contributed by atoms with van der Waals surface area (Å²) in [5.74, 6) is 0.331. The van der Waals surface area contributed by atoms with Gasteiger partial charge in [-0.2, -0.15) is 0 Å². The third kappa shape index (κ3) is 6.32. The number of rotatable bonds is 8. The lowest BCUT2D eigenvalue weighted by Gasteiger charge is -2.13. The number of benzene rings is 3. The van der Waals surface area contributed by atoms with E-state index in [0.29, 0.717) is 17.1 Å². The van der Waals surface area contributed by atoms with Crippen molar-refractivity contribution in [2.45, 2.75) is 24.5 Å². The number of hydrogen-bond donors (Lipinski definition) is 2. The molecule has 1 amide bonds. The number of anilines is 2. The van der Waals surface area contributed by atoms with Gasteiger partial charge in [0, 0.05) is 11.4 Å². The van der Waals surface area contributed by atoms with Crippen molar-refractivity contribution in [3.05, 3.63) is 89.2 Å². The maximum Gasteiger partial charge on any atom is 0.261 e. The van der Waals surface area contributed by atoms with Crippen molar-refractivity contribution in [1.29, 1.82) is 0 Å². The minimum Gasteiger partial charge on any atom is -0.325 e. The zero-order chi connectivity index (χ0) is 22.4. The van der Waals surface area contributed by atoms with Gasteiger partial charge in [-0.3, -0.25) is 9.52 Å². The topological polar surface area (TPSA) is 75.3 Å². The number of thioether (sulfide) groups is 1. The van der Waals surface area contributed by atoms with E-state index < -0.39 is 10.0 Å². The number of carbonyl (C=O) groups is 1. The van der Waals surface area contributed by atoms with E-state index in [-0.39, 0.29) is 22.4 Å². The summed E-state index contributed by atoms with van der Waals surface area (Å²) in [4.78, 5) is 12.2. The highest BCUT2D eigenvalue weighted by molar-refractivity contribution is 7.99. The predicted octanol–water partition coefficient (Wildman–Crippen LogP) is 5.12. The Bertz CT molecular complexity index is 1140. The Balaban J connectivity index is 1.56. The Labute approximate surface area is 186 Å². The lowest BCUT2D eigenvalue weighted by atomic mass is 10.1. The molecule has 3 aromatic carbocycles. The summed E-state index contributed by atoms with van der Waals surface area (Å²) in [6, 6.07) is 17.7. The van der Waals surface area contributed by atoms with Gasteiger partial charge in [-0.05, 0) is 66.9 Å². The van der Waals surface area contributed by atoms with Crippen LogP contribution in [0, 0.1) is 19.7 Å². The van der Waals surface area contributed by atoms with Crippen LogP contribution in [-0.4, -0.2) is 20.1 Å². The Hall–Kier alpha value is -2.84. The van der Waals surface area contributed by atoms with Gasteiger partial charge in [0.2, 0.25) is 5.91 Å². The molecule has 0 bridgehead atoms.